The van der Waals surface area contributed by atoms with Crippen LogP contribution in [0, 0.1) is 11.8 Å². The van der Waals surface area contributed by atoms with Crippen molar-refractivity contribution in [2.45, 2.75) is 45.1 Å². The summed E-state index contributed by atoms with van der Waals surface area (Å²) in [6.45, 7) is 2.21. The predicted octanol–water partition coefficient (Wildman–Crippen LogP) is 2.89. The molecule has 2 rings (SSSR count). The molecule has 1 aromatic carbocycles. The second-order valence-corrected chi connectivity index (χ2v) is 6.51. The summed E-state index contributed by atoms with van der Waals surface area (Å²) >= 11 is 0. The Morgan fingerprint density at radius 2 is 1.95 bits per heavy atom. The van der Waals surface area contributed by atoms with Crippen molar-refractivity contribution in [3.05, 3.63) is 35.9 Å². The first-order valence-electron chi connectivity index (χ1n) is 8.09. The standard InChI is InChI=1S/C18H26N2O2/c1-13-7-6-10-15(11-13)18(22)20(2)16(12-17(19)21)14-8-4-3-5-9-14/h3-5,8-9,13,15-16H,6-7,10-12H2,1-2H3,(H2,19,21)/t13-,15-,16+/m1/s1. The van der Waals surface area contributed by atoms with E-state index < -0.39 is 0 Å². The van der Waals surface area contributed by atoms with Gasteiger partial charge in [0.15, 0.2) is 0 Å². The molecule has 1 aromatic rings. The first-order valence-corrected chi connectivity index (χ1v) is 8.09. The zero-order valence-corrected chi connectivity index (χ0v) is 13.5. The van der Waals surface area contributed by atoms with Crippen LogP contribution >= 0.6 is 0 Å². The van der Waals surface area contributed by atoms with Crippen LogP contribution in [0.3, 0.4) is 0 Å². The topological polar surface area (TPSA) is 63.4 Å². The Morgan fingerprint density at radius 3 is 2.55 bits per heavy atom. The molecule has 1 aliphatic carbocycles. The molecule has 0 spiro atoms. The minimum atomic E-state index is -0.384. The molecule has 0 unspecified atom stereocenters. The number of nitrogens with zero attached hydrogens (tertiary/aromatic N) is 1. The molecule has 2 N–H and O–H groups in total. The summed E-state index contributed by atoms with van der Waals surface area (Å²) in [6.07, 6.45) is 4.37. The zero-order valence-electron chi connectivity index (χ0n) is 13.5. The number of primary amides is 1. The molecule has 0 bridgehead atoms. The molecule has 1 fully saturated rings. The molecule has 0 aliphatic heterocycles. The molecule has 3 atom stereocenters. The van der Waals surface area contributed by atoms with Crippen LogP contribution in [-0.4, -0.2) is 23.8 Å². The van der Waals surface area contributed by atoms with Gasteiger partial charge in [0, 0.05) is 13.0 Å². The molecule has 1 aliphatic rings. The van der Waals surface area contributed by atoms with Crippen molar-refractivity contribution in [3.8, 4) is 0 Å². The molecule has 0 radical (unpaired) electrons. The lowest BCUT2D eigenvalue weighted by Crippen LogP contribution is -2.39. The van der Waals surface area contributed by atoms with E-state index in [1.165, 1.54) is 6.42 Å². The number of hydrogen-bond acceptors (Lipinski definition) is 2. The average molecular weight is 302 g/mol. The summed E-state index contributed by atoms with van der Waals surface area (Å²) in [5, 5.41) is 0. The molecule has 0 aromatic heterocycles. The van der Waals surface area contributed by atoms with Crippen LogP contribution in [0.5, 0.6) is 0 Å². The van der Waals surface area contributed by atoms with Gasteiger partial charge in [-0.2, -0.15) is 0 Å². The molecule has 4 heteroatoms. The third kappa shape index (κ3) is 4.09. The van der Waals surface area contributed by atoms with Crippen LogP contribution in [0.15, 0.2) is 30.3 Å². The Morgan fingerprint density at radius 1 is 1.27 bits per heavy atom. The number of hydrogen-bond donors (Lipinski definition) is 1. The van der Waals surface area contributed by atoms with Crippen molar-refractivity contribution in [3.63, 3.8) is 0 Å². The van der Waals surface area contributed by atoms with Gasteiger partial charge in [-0.15, -0.1) is 0 Å². The summed E-state index contributed by atoms with van der Waals surface area (Å²) in [4.78, 5) is 26.0. The predicted molar refractivity (Wildman–Crippen MR) is 86.9 cm³/mol. The van der Waals surface area contributed by atoms with Gasteiger partial charge in [-0.05, 0) is 24.3 Å². The average Bonchev–Trinajstić information content (AvgIpc) is 2.52. The second kappa shape index (κ2) is 7.43. The van der Waals surface area contributed by atoms with Gasteiger partial charge in [-0.1, -0.05) is 50.1 Å². The van der Waals surface area contributed by atoms with Gasteiger partial charge in [-0.3, -0.25) is 9.59 Å². The van der Waals surface area contributed by atoms with E-state index in [0.717, 1.165) is 24.8 Å². The summed E-state index contributed by atoms with van der Waals surface area (Å²) in [5.41, 5.74) is 6.35. The Balaban J connectivity index is 2.15. The van der Waals surface area contributed by atoms with E-state index in [9.17, 15) is 9.59 Å². The van der Waals surface area contributed by atoms with Gasteiger partial charge in [0.1, 0.15) is 0 Å². The van der Waals surface area contributed by atoms with Crippen molar-refractivity contribution in [1.82, 2.24) is 4.90 Å². The maximum absolute atomic E-state index is 12.8. The highest BCUT2D eigenvalue weighted by Gasteiger charge is 2.31. The van der Waals surface area contributed by atoms with Gasteiger partial charge >= 0.3 is 0 Å². The maximum Gasteiger partial charge on any atom is 0.225 e. The zero-order chi connectivity index (χ0) is 16.1. The van der Waals surface area contributed by atoms with E-state index >= 15 is 0 Å². The first kappa shape index (κ1) is 16.5. The largest absolute Gasteiger partial charge is 0.370 e. The summed E-state index contributed by atoms with van der Waals surface area (Å²) in [6, 6.07) is 9.38. The van der Waals surface area contributed by atoms with E-state index in [4.69, 9.17) is 5.73 Å². The van der Waals surface area contributed by atoms with E-state index in [1.807, 2.05) is 30.3 Å². The fraction of sp³-hybridized carbons (Fsp3) is 0.556. The normalized spacial score (nSPS) is 22.8. The van der Waals surface area contributed by atoms with E-state index in [-0.39, 0.29) is 30.2 Å². The highest BCUT2D eigenvalue weighted by Crippen LogP contribution is 2.32. The smallest absolute Gasteiger partial charge is 0.225 e. The molecular weight excluding hydrogens is 276 g/mol. The van der Waals surface area contributed by atoms with Crippen molar-refractivity contribution < 1.29 is 9.59 Å². The quantitative estimate of drug-likeness (QED) is 0.909. The van der Waals surface area contributed by atoms with Gasteiger partial charge in [0.05, 0.1) is 12.5 Å². The molecule has 0 saturated heterocycles. The van der Waals surface area contributed by atoms with Crippen LogP contribution in [0.1, 0.15) is 50.6 Å². The molecule has 120 valence electrons. The van der Waals surface area contributed by atoms with Crippen LogP contribution in [0.25, 0.3) is 0 Å². The lowest BCUT2D eigenvalue weighted by atomic mass is 9.81. The second-order valence-electron chi connectivity index (χ2n) is 6.51. The highest BCUT2D eigenvalue weighted by molar-refractivity contribution is 5.81. The Kier molecular flexibility index (Phi) is 5.58. The summed E-state index contributed by atoms with van der Waals surface area (Å²) in [5.74, 6) is 0.433. The molecule has 2 amide bonds. The monoisotopic (exact) mass is 302 g/mol. The number of carbonyl (C=O) groups is 2. The first-order chi connectivity index (χ1) is 10.5. The fourth-order valence-electron chi connectivity index (χ4n) is 3.44. The third-order valence-electron chi connectivity index (χ3n) is 4.68. The SMILES string of the molecule is C[C@@H]1CCC[C@@H](C(=O)N(C)[C@@H](CC(N)=O)c2ccccc2)C1. The third-order valence-corrected chi connectivity index (χ3v) is 4.68. The molecule has 22 heavy (non-hydrogen) atoms. The van der Waals surface area contributed by atoms with Crippen LogP contribution in [-0.2, 0) is 9.59 Å². The lowest BCUT2D eigenvalue weighted by molar-refractivity contribution is -0.138. The van der Waals surface area contributed by atoms with Crippen molar-refractivity contribution in [2.75, 3.05) is 7.05 Å². The van der Waals surface area contributed by atoms with Crippen LogP contribution in [0.4, 0.5) is 0 Å². The minimum Gasteiger partial charge on any atom is -0.370 e. The van der Waals surface area contributed by atoms with Crippen molar-refractivity contribution in [2.24, 2.45) is 17.6 Å². The van der Waals surface area contributed by atoms with E-state index in [2.05, 4.69) is 6.92 Å². The maximum atomic E-state index is 12.8. The minimum absolute atomic E-state index is 0.0767. The summed E-state index contributed by atoms with van der Waals surface area (Å²) < 4.78 is 0. The molecule has 0 heterocycles. The van der Waals surface area contributed by atoms with E-state index in [0.29, 0.717) is 5.92 Å². The Hall–Kier alpha value is -1.84. The van der Waals surface area contributed by atoms with Gasteiger partial charge in [0.25, 0.3) is 0 Å². The number of nitrogens with two attached hydrogens (primary N) is 1. The van der Waals surface area contributed by atoms with Gasteiger partial charge in [-0.25, -0.2) is 0 Å². The van der Waals surface area contributed by atoms with Crippen LogP contribution < -0.4 is 5.73 Å². The molecular formula is C18H26N2O2. The van der Waals surface area contributed by atoms with Gasteiger partial charge < -0.3 is 10.6 Å². The lowest BCUT2D eigenvalue weighted by Gasteiger charge is -2.34. The van der Waals surface area contributed by atoms with Crippen molar-refractivity contribution in [1.29, 1.82) is 0 Å². The van der Waals surface area contributed by atoms with Crippen molar-refractivity contribution >= 4 is 11.8 Å². The van der Waals surface area contributed by atoms with Gasteiger partial charge in [0.2, 0.25) is 11.8 Å². The number of benzene rings is 1. The number of rotatable bonds is 5. The van der Waals surface area contributed by atoms with E-state index in [1.54, 1.807) is 11.9 Å². The molecule has 1 saturated carbocycles. The Bertz CT molecular complexity index is 515. The van der Waals surface area contributed by atoms with Crippen LogP contribution in [0.2, 0.25) is 0 Å². The Labute approximate surface area is 132 Å². The summed E-state index contributed by atoms with van der Waals surface area (Å²) in [7, 11) is 1.79. The fourth-order valence-corrected chi connectivity index (χ4v) is 3.44. The number of carbonyl (C=O) groups excluding carboxylic acids is 2. The number of amides is 2. The molecule has 4 nitrogen and oxygen atoms in total. The highest BCUT2D eigenvalue weighted by atomic mass is 16.2.